The van der Waals surface area contributed by atoms with Gasteiger partial charge >= 0.3 is 0 Å². The highest BCUT2D eigenvalue weighted by Gasteiger charge is 2.35. The van der Waals surface area contributed by atoms with Gasteiger partial charge in [0.05, 0.1) is 5.60 Å². The molecule has 17 heavy (non-hydrogen) atoms. The molecule has 1 N–H and O–H groups in total. The molecule has 0 spiro atoms. The average molecular weight is 299 g/mol. The maximum absolute atomic E-state index is 10.8. The average Bonchev–Trinajstić information content (AvgIpc) is 2.29. The Kier molecular flexibility index (Phi) is 5.21. The van der Waals surface area contributed by atoms with Crippen molar-refractivity contribution in [2.24, 2.45) is 11.8 Å². The minimum atomic E-state index is -0.745. The molecule has 2 heteroatoms. The highest BCUT2D eigenvalue weighted by atomic mass is 79.9. The van der Waals surface area contributed by atoms with E-state index in [1.54, 1.807) is 0 Å². The molecule has 0 aliphatic heterocycles. The van der Waals surface area contributed by atoms with Crippen LogP contribution >= 0.6 is 15.9 Å². The lowest BCUT2D eigenvalue weighted by Crippen LogP contribution is -2.35. The topological polar surface area (TPSA) is 20.2 Å². The summed E-state index contributed by atoms with van der Waals surface area (Å²) in [6, 6.07) is 8.00. The Morgan fingerprint density at radius 2 is 1.71 bits per heavy atom. The van der Waals surface area contributed by atoms with Crippen LogP contribution in [0.4, 0.5) is 0 Å². The third-order valence-electron chi connectivity index (χ3n) is 3.92. The van der Waals surface area contributed by atoms with Crippen LogP contribution in [0.2, 0.25) is 0 Å². The van der Waals surface area contributed by atoms with E-state index in [0.29, 0.717) is 11.8 Å². The van der Waals surface area contributed by atoms with Crippen LogP contribution in [-0.2, 0) is 5.60 Å². The molecule has 1 aromatic carbocycles. The summed E-state index contributed by atoms with van der Waals surface area (Å²) >= 11 is 3.43. The van der Waals surface area contributed by atoms with Gasteiger partial charge in [-0.3, -0.25) is 0 Å². The number of aliphatic hydroxyl groups is 1. The minimum absolute atomic E-state index is 0.300. The minimum Gasteiger partial charge on any atom is -0.385 e. The van der Waals surface area contributed by atoms with Gasteiger partial charge in [0, 0.05) is 4.47 Å². The summed E-state index contributed by atoms with van der Waals surface area (Å²) in [4.78, 5) is 0. The molecule has 0 amide bonds. The molecule has 3 atom stereocenters. The number of rotatable bonds is 5. The second-order valence-electron chi connectivity index (χ2n) is 5.05. The molecule has 0 radical (unpaired) electrons. The SMILES string of the molecule is CCC(C)C(CC)[C@@](C)(O)c1ccc(Br)cc1. The third-order valence-corrected chi connectivity index (χ3v) is 4.45. The summed E-state index contributed by atoms with van der Waals surface area (Å²) in [5.41, 5.74) is 0.262. The normalized spacial score (nSPS) is 18.5. The van der Waals surface area contributed by atoms with E-state index < -0.39 is 5.60 Å². The van der Waals surface area contributed by atoms with Crippen molar-refractivity contribution >= 4 is 15.9 Å². The van der Waals surface area contributed by atoms with Crippen molar-refractivity contribution in [1.82, 2.24) is 0 Å². The zero-order valence-electron chi connectivity index (χ0n) is 11.2. The van der Waals surface area contributed by atoms with E-state index >= 15 is 0 Å². The van der Waals surface area contributed by atoms with Crippen molar-refractivity contribution < 1.29 is 5.11 Å². The van der Waals surface area contributed by atoms with Crippen molar-refractivity contribution in [2.75, 3.05) is 0 Å². The van der Waals surface area contributed by atoms with Gasteiger partial charge in [-0.1, -0.05) is 55.3 Å². The Labute approximate surface area is 113 Å². The van der Waals surface area contributed by atoms with Crippen LogP contribution in [0.1, 0.15) is 46.1 Å². The Morgan fingerprint density at radius 1 is 1.18 bits per heavy atom. The summed E-state index contributed by atoms with van der Waals surface area (Å²) in [5, 5.41) is 10.8. The van der Waals surface area contributed by atoms with Crippen LogP contribution in [-0.4, -0.2) is 5.11 Å². The Morgan fingerprint density at radius 3 is 2.12 bits per heavy atom. The molecular formula is C15H23BrO. The van der Waals surface area contributed by atoms with Gasteiger partial charge in [0.1, 0.15) is 0 Å². The first-order valence-electron chi connectivity index (χ1n) is 6.41. The van der Waals surface area contributed by atoms with E-state index in [9.17, 15) is 5.11 Å². The molecule has 1 aromatic rings. The molecule has 0 bridgehead atoms. The fourth-order valence-corrected chi connectivity index (χ4v) is 2.90. The largest absolute Gasteiger partial charge is 0.385 e. The first-order chi connectivity index (χ1) is 7.93. The van der Waals surface area contributed by atoms with Gasteiger partial charge in [0.2, 0.25) is 0 Å². The summed E-state index contributed by atoms with van der Waals surface area (Å²) < 4.78 is 1.05. The Bertz CT molecular complexity index is 342. The highest BCUT2D eigenvalue weighted by molar-refractivity contribution is 9.10. The Balaban J connectivity index is 3.02. The summed E-state index contributed by atoms with van der Waals surface area (Å²) in [6.45, 7) is 8.51. The lowest BCUT2D eigenvalue weighted by atomic mass is 9.74. The number of hydrogen-bond acceptors (Lipinski definition) is 1. The predicted molar refractivity (Wildman–Crippen MR) is 76.9 cm³/mol. The monoisotopic (exact) mass is 298 g/mol. The number of benzene rings is 1. The molecule has 0 heterocycles. The van der Waals surface area contributed by atoms with Crippen LogP contribution in [0.3, 0.4) is 0 Å². The lowest BCUT2D eigenvalue weighted by Gasteiger charge is -2.36. The first-order valence-corrected chi connectivity index (χ1v) is 7.21. The van der Waals surface area contributed by atoms with E-state index in [4.69, 9.17) is 0 Å². The second kappa shape index (κ2) is 6.01. The smallest absolute Gasteiger partial charge is 0.0899 e. The molecule has 0 aliphatic rings. The molecule has 1 rings (SSSR count). The Hall–Kier alpha value is -0.340. The first kappa shape index (κ1) is 14.7. The van der Waals surface area contributed by atoms with Gasteiger partial charge < -0.3 is 5.11 Å². The van der Waals surface area contributed by atoms with E-state index in [1.165, 1.54) is 0 Å². The van der Waals surface area contributed by atoms with Crippen molar-refractivity contribution in [2.45, 2.75) is 46.1 Å². The molecular weight excluding hydrogens is 276 g/mol. The van der Waals surface area contributed by atoms with E-state index in [1.807, 2.05) is 31.2 Å². The van der Waals surface area contributed by atoms with Crippen molar-refractivity contribution in [3.05, 3.63) is 34.3 Å². The van der Waals surface area contributed by atoms with Crippen LogP contribution in [0, 0.1) is 11.8 Å². The zero-order chi connectivity index (χ0) is 13.1. The molecule has 0 saturated heterocycles. The third kappa shape index (κ3) is 3.32. The maximum Gasteiger partial charge on any atom is 0.0899 e. The summed E-state index contributed by atoms with van der Waals surface area (Å²) in [7, 11) is 0. The van der Waals surface area contributed by atoms with Crippen LogP contribution in [0.25, 0.3) is 0 Å². The van der Waals surface area contributed by atoms with Crippen LogP contribution < -0.4 is 0 Å². The van der Waals surface area contributed by atoms with Gasteiger partial charge in [-0.05, 0) is 42.9 Å². The van der Waals surface area contributed by atoms with E-state index in [-0.39, 0.29) is 0 Å². The molecule has 0 fully saturated rings. The summed E-state index contributed by atoms with van der Waals surface area (Å²) in [5.74, 6) is 0.826. The van der Waals surface area contributed by atoms with Gasteiger partial charge in [-0.25, -0.2) is 0 Å². The van der Waals surface area contributed by atoms with Gasteiger partial charge in [-0.15, -0.1) is 0 Å². The highest BCUT2D eigenvalue weighted by Crippen LogP contribution is 2.37. The molecule has 2 unspecified atom stereocenters. The molecule has 1 nitrogen and oxygen atoms in total. The fourth-order valence-electron chi connectivity index (χ4n) is 2.64. The van der Waals surface area contributed by atoms with Crippen molar-refractivity contribution in [3.63, 3.8) is 0 Å². The zero-order valence-corrected chi connectivity index (χ0v) is 12.8. The van der Waals surface area contributed by atoms with E-state index in [0.717, 1.165) is 22.9 Å². The van der Waals surface area contributed by atoms with Gasteiger partial charge in [0.15, 0.2) is 0 Å². The number of halogens is 1. The molecule has 0 aromatic heterocycles. The lowest BCUT2D eigenvalue weighted by molar-refractivity contribution is -0.0316. The second-order valence-corrected chi connectivity index (χ2v) is 5.97. The molecule has 0 saturated carbocycles. The van der Waals surface area contributed by atoms with Crippen molar-refractivity contribution in [3.8, 4) is 0 Å². The quantitative estimate of drug-likeness (QED) is 0.833. The van der Waals surface area contributed by atoms with E-state index in [2.05, 4.69) is 36.7 Å². The molecule has 96 valence electrons. The molecule has 0 aliphatic carbocycles. The maximum atomic E-state index is 10.8. The van der Waals surface area contributed by atoms with Crippen LogP contribution in [0.5, 0.6) is 0 Å². The predicted octanol–water partition coefficient (Wildman–Crippen LogP) is 4.73. The van der Waals surface area contributed by atoms with Crippen LogP contribution in [0.15, 0.2) is 28.7 Å². The standard InChI is InChI=1S/C15H23BrO/c1-5-11(3)14(6-2)15(4,17)12-7-9-13(16)10-8-12/h7-11,14,17H,5-6H2,1-4H3/t11?,14?,15-/m0/s1. The fraction of sp³-hybridized carbons (Fsp3) is 0.600. The van der Waals surface area contributed by atoms with Gasteiger partial charge in [-0.2, -0.15) is 0 Å². The summed E-state index contributed by atoms with van der Waals surface area (Å²) in [6.07, 6.45) is 2.10. The van der Waals surface area contributed by atoms with Crippen molar-refractivity contribution in [1.29, 1.82) is 0 Å². The van der Waals surface area contributed by atoms with Gasteiger partial charge in [0.25, 0.3) is 0 Å². The number of hydrogen-bond donors (Lipinski definition) is 1.